The van der Waals surface area contributed by atoms with Crippen molar-refractivity contribution in [3.63, 3.8) is 0 Å². The van der Waals surface area contributed by atoms with E-state index in [2.05, 4.69) is 15.3 Å². The summed E-state index contributed by atoms with van der Waals surface area (Å²) in [5.41, 5.74) is 16.8. The molecule has 1 aromatic carbocycles. The standard InChI is InChI=1S/C43H68N8O8/c1-27(2)22-31(40(58)59)26-36(55)37(43(3,4)5)49-38(56)30(23-28-13-15-32(52)16-14-28)25-35(54)34-12-9-20-51(34)39(57)29(10-8-17-47-41(44)45)24-33(53)11-6-7-19-50-21-18-48-42(50)46/h13-16,27,29-31,34,37,52H,6-12,17-26H2,1-5H3,(H2,46,48)(H,49,56)(H,58,59)(H4,44,45,47)/t29-,30-,31-,34+,37-/m1/s1. The zero-order valence-electron chi connectivity index (χ0n) is 35.7. The maximum atomic E-state index is 14.3. The number of unbranched alkanes of at least 4 members (excludes halogenated alkanes) is 1. The van der Waals surface area contributed by atoms with Gasteiger partial charge in [-0.3, -0.25) is 38.8 Å². The van der Waals surface area contributed by atoms with E-state index in [-0.39, 0.29) is 67.3 Å². The number of phenols is 1. The number of likely N-dealkylation sites (tertiary alicyclic amines) is 1. The number of benzene rings is 1. The monoisotopic (exact) mass is 825 g/mol. The minimum absolute atomic E-state index is 0.0133. The number of hydrogen-bond donors (Lipinski definition) is 6. The first-order valence-electron chi connectivity index (χ1n) is 21.1. The second kappa shape index (κ2) is 22.9. The average Bonchev–Trinajstić information content (AvgIpc) is 3.82. The number of Topliss-reactive ketones (excluding diaryl/α,β-unsaturated/α-hetero) is 3. The summed E-state index contributed by atoms with van der Waals surface area (Å²) in [6.07, 6.45) is 3.36. The van der Waals surface area contributed by atoms with Crippen molar-refractivity contribution in [2.24, 2.45) is 56.3 Å². The van der Waals surface area contributed by atoms with Gasteiger partial charge in [-0.15, -0.1) is 0 Å². The number of aromatic hydroxyl groups is 1. The molecule has 0 spiro atoms. The van der Waals surface area contributed by atoms with Crippen molar-refractivity contribution in [2.45, 2.75) is 124 Å². The van der Waals surface area contributed by atoms with E-state index < -0.39 is 52.9 Å². The number of carbonyl (C=O) groups is 6. The zero-order valence-corrected chi connectivity index (χ0v) is 35.7. The summed E-state index contributed by atoms with van der Waals surface area (Å²) in [7, 11) is 0. The van der Waals surface area contributed by atoms with Crippen molar-refractivity contribution in [3.05, 3.63) is 29.8 Å². The molecule has 2 heterocycles. The van der Waals surface area contributed by atoms with Gasteiger partial charge < -0.3 is 42.5 Å². The first-order chi connectivity index (χ1) is 27.8. The number of phenolic OH excluding ortho intramolecular Hbond substituents is 1. The van der Waals surface area contributed by atoms with Gasteiger partial charge in [-0.25, -0.2) is 0 Å². The van der Waals surface area contributed by atoms with E-state index in [1.54, 1.807) is 37.8 Å². The third-order valence-corrected chi connectivity index (χ3v) is 11.1. The van der Waals surface area contributed by atoms with E-state index in [0.717, 1.165) is 13.0 Å². The van der Waals surface area contributed by atoms with Crippen molar-refractivity contribution in [1.82, 2.24) is 15.1 Å². The van der Waals surface area contributed by atoms with Crippen LogP contribution in [-0.2, 0) is 35.2 Å². The smallest absolute Gasteiger partial charge is 0.306 e. The van der Waals surface area contributed by atoms with Gasteiger partial charge in [0, 0.05) is 63.7 Å². The van der Waals surface area contributed by atoms with Gasteiger partial charge in [0.15, 0.2) is 23.5 Å². The Kier molecular flexibility index (Phi) is 18.8. The lowest BCUT2D eigenvalue weighted by molar-refractivity contribution is -0.145. The molecule has 2 aliphatic heterocycles. The Morgan fingerprint density at radius 2 is 1.64 bits per heavy atom. The number of aliphatic imine (C=N–C) groups is 2. The quantitative estimate of drug-likeness (QED) is 0.0472. The predicted octanol–water partition coefficient (Wildman–Crippen LogP) is 3.17. The Morgan fingerprint density at radius 1 is 0.949 bits per heavy atom. The van der Waals surface area contributed by atoms with Crippen LogP contribution in [0.15, 0.2) is 34.3 Å². The molecule has 0 saturated carbocycles. The molecule has 16 nitrogen and oxygen atoms in total. The lowest BCUT2D eigenvalue weighted by Crippen LogP contribution is -2.52. The van der Waals surface area contributed by atoms with Crippen LogP contribution in [-0.4, -0.2) is 112 Å². The van der Waals surface area contributed by atoms with Crippen LogP contribution in [0.2, 0.25) is 0 Å². The van der Waals surface area contributed by atoms with E-state index >= 15 is 0 Å². The summed E-state index contributed by atoms with van der Waals surface area (Å²) >= 11 is 0. The first-order valence-corrected chi connectivity index (χ1v) is 21.1. The Labute approximate surface area is 348 Å². The normalized spacial score (nSPS) is 17.5. The average molecular weight is 825 g/mol. The highest BCUT2D eigenvalue weighted by Gasteiger charge is 2.41. The summed E-state index contributed by atoms with van der Waals surface area (Å²) < 4.78 is 0. The van der Waals surface area contributed by atoms with Gasteiger partial charge in [-0.05, 0) is 80.4 Å². The SMILES string of the molecule is CC(C)C[C@H](CC(=O)[C@@H](NC(=O)[C@@H](CC(=O)[C@@H]1CCCN1C(=O)[C@H](CCCN=C(N)N)CC(=O)CCCCN1CCN=C1N)Cc1ccc(O)cc1)C(C)(C)C)C(=O)O. The van der Waals surface area contributed by atoms with Crippen molar-refractivity contribution in [1.29, 1.82) is 0 Å². The molecule has 1 fully saturated rings. The summed E-state index contributed by atoms with van der Waals surface area (Å²) in [5.74, 6) is -4.73. The van der Waals surface area contributed by atoms with E-state index in [0.29, 0.717) is 76.1 Å². The number of carboxylic acids is 1. The van der Waals surface area contributed by atoms with E-state index in [1.807, 2.05) is 18.7 Å². The van der Waals surface area contributed by atoms with Gasteiger partial charge >= 0.3 is 5.97 Å². The van der Waals surface area contributed by atoms with E-state index in [4.69, 9.17) is 17.2 Å². The molecular weight excluding hydrogens is 757 g/mol. The first kappa shape index (κ1) is 48.3. The van der Waals surface area contributed by atoms with Crippen LogP contribution in [0.1, 0.15) is 111 Å². The maximum Gasteiger partial charge on any atom is 0.306 e. The van der Waals surface area contributed by atoms with Crippen molar-refractivity contribution >= 4 is 47.1 Å². The summed E-state index contributed by atoms with van der Waals surface area (Å²) in [6.45, 7) is 11.8. The number of nitrogens with zero attached hydrogens (tertiary/aromatic N) is 4. The number of amides is 2. The summed E-state index contributed by atoms with van der Waals surface area (Å²) in [6, 6.07) is 4.43. The zero-order chi connectivity index (χ0) is 43.9. The van der Waals surface area contributed by atoms with Crippen LogP contribution in [0.3, 0.4) is 0 Å². The Morgan fingerprint density at radius 3 is 2.24 bits per heavy atom. The number of guanidine groups is 2. The number of hydrogen-bond acceptors (Lipinski definition) is 11. The van der Waals surface area contributed by atoms with Gasteiger partial charge in [-0.1, -0.05) is 46.8 Å². The van der Waals surface area contributed by atoms with Crippen molar-refractivity contribution < 1.29 is 39.0 Å². The van der Waals surface area contributed by atoms with Crippen LogP contribution in [0, 0.1) is 29.1 Å². The van der Waals surface area contributed by atoms with Gasteiger partial charge in [0.25, 0.3) is 0 Å². The number of carbonyl (C=O) groups excluding carboxylic acids is 5. The van der Waals surface area contributed by atoms with Gasteiger partial charge in [0.2, 0.25) is 11.8 Å². The number of nitrogens with one attached hydrogen (secondary N) is 1. The highest BCUT2D eigenvalue weighted by atomic mass is 16.4. The Balaban J connectivity index is 1.80. The number of nitrogens with two attached hydrogens (primary N) is 3. The molecule has 0 radical (unpaired) electrons. The fraction of sp³-hybridized carbons (Fsp3) is 0.674. The number of carboxylic acid groups (broad SMARTS) is 1. The third-order valence-electron chi connectivity index (χ3n) is 11.1. The van der Waals surface area contributed by atoms with Crippen LogP contribution in [0.25, 0.3) is 0 Å². The molecule has 16 heteroatoms. The molecule has 328 valence electrons. The van der Waals surface area contributed by atoms with Gasteiger partial charge in [0.05, 0.1) is 24.5 Å². The molecule has 1 aromatic rings. The number of aliphatic carboxylic acids is 1. The molecule has 9 N–H and O–H groups in total. The maximum absolute atomic E-state index is 14.3. The molecule has 0 bridgehead atoms. The summed E-state index contributed by atoms with van der Waals surface area (Å²) in [5, 5.41) is 22.6. The van der Waals surface area contributed by atoms with Crippen molar-refractivity contribution in [2.75, 3.05) is 32.7 Å². The molecule has 59 heavy (non-hydrogen) atoms. The number of rotatable bonds is 25. The third kappa shape index (κ3) is 15.9. The molecule has 2 aliphatic rings. The Hall–Kier alpha value is -5.02. The molecule has 2 amide bonds. The second-order valence-corrected chi connectivity index (χ2v) is 17.6. The predicted molar refractivity (Wildman–Crippen MR) is 226 cm³/mol. The molecule has 3 rings (SSSR count). The molecular formula is C43H68N8O8. The number of ketones is 3. The lowest BCUT2D eigenvalue weighted by atomic mass is 9.80. The van der Waals surface area contributed by atoms with Crippen LogP contribution >= 0.6 is 0 Å². The van der Waals surface area contributed by atoms with Gasteiger partial charge in [0.1, 0.15) is 11.5 Å². The van der Waals surface area contributed by atoms with Crippen molar-refractivity contribution in [3.8, 4) is 5.75 Å². The molecule has 5 atom stereocenters. The highest BCUT2D eigenvalue weighted by molar-refractivity contribution is 5.96. The van der Waals surface area contributed by atoms with E-state index in [1.165, 1.54) is 12.1 Å². The molecule has 0 aromatic heterocycles. The minimum atomic E-state index is -1.08. The fourth-order valence-electron chi connectivity index (χ4n) is 7.98. The largest absolute Gasteiger partial charge is 0.508 e. The Bertz CT molecular complexity index is 1670. The molecule has 0 aliphatic carbocycles. The fourth-order valence-corrected chi connectivity index (χ4v) is 7.98. The summed E-state index contributed by atoms with van der Waals surface area (Å²) in [4.78, 5) is 93.5. The molecule has 0 unspecified atom stereocenters. The second-order valence-electron chi connectivity index (χ2n) is 17.6. The van der Waals surface area contributed by atoms with Crippen LogP contribution < -0.4 is 22.5 Å². The van der Waals surface area contributed by atoms with E-state index in [9.17, 15) is 39.0 Å². The highest BCUT2D eigenvalue weighted by Crippen LogP contribution is 2.29. The van der Waals surface area contributed by atoms with Crippen LogP contribution in [0.5, 0.6) is 5.75 Å². The molecule has 1 saturated heterocycles. The van der Waals surface area contributed by atoms with Crippen LogP contribution in [0.4, 0.5) is 0 Å². The topological polar surface area (TPSA) is 264 Å². The lowest BCUT2D eigenvalue weighted by Gasteiger charge is -2.33. The minimum Gasteiger partial charge on any atom is -0.508 e. The van der Waals surface area contributed by atoms with Gasteiger partial charge in [-0.2, -0.15) is 0 Å².